The van der Waals surface area contributed by atoms with E-state index in [1.165, 1.54) is 25.3 Å². The lowest BCUT2D eigenvalue weighted by Gasteiger charge is -2.14. The van der Waals surface area contributed by atoms with Gasteiger partial charge in [0.2, 0.25) is 0 Å². The van der Waals surface area contributed by atoms with Crippen LogP contribution in [0.3, 0.4) is 0 Å². The van der Waals surface area contributed by atoms with Crippen molar-refractivity contribution >= 4 is 15.7 Å². The number of benzene rings is 2. The van der Waals surface area contributed by atoms with Crippen LogP contribution < -0.4 is 14.2 Å². The molecular formula is C19H19F2N3O4S. The fraction of sp³-hybridized carbons (Fsp3) is 0.211. The zero-order valence-electron chi connectivity index (χ0n) is 15.9. The predicted molar refractivity (Wildman–Crippen MR) is 104 cm³/mol. The summed E-state index contributed by atoms with van der Waals surface area (Å²) >= 11 is 0. The molecule has 0 fully saturated rings. The lowest BCUT2D eigenvalue weighted by Crippen LogP contribution is -2.14. The first-order valence-corrected chi connectivity index (χ1v) is 9.97. The molecule has 0 aliphatic carbocycles. The van der Waals surface area contributed by atoms with Gasteiger partial charge in [-0.15, -0.1) is 0 Å². The smallest absolute Gasteiger partial charge is 0.387 e. The van der Waals surface area contributed by atoms with Crippen molar-refractivity contribution in [1.82, 2.24) is 10.2 Å². The first-order valence-electron chi connectivity index (χ1n) is 8.49. The maximum Gasteiger partial charge on any atom is 0.387 e. The molecule has 1 heterocycles. The van der Waals surface area contributed by atoms with Crippen LogP contribution in [0.2, 0.25) is 0 Å². The maximum atomic E-state index is 12.8. The number of methoxy groups -OCH3 is 1. The van der Waals surface area contributed by atoms with Crippen LogP contribution >= 0.6 is 0 Å². The number of nitrogens with zero attached hydrogens (tertiary/aromatic N) is 1. The van der Waals surface area contributed by atoms with Crippen molar-refractivity contribution in [3.63, 3.8) is 0 Å². The molecule has 0 saturated heterocycles. The zero-order valence-corrected chi connectivity index (χ0v) is 16.7. The normalized spacial score (nSPS) is 11.5. The SMILES string of the molecule is COc1ccc(-c2cc(NS(=O)(=O)c3c(C)n[nH]c3C)ccc2OC(F)F)cc1. The van der Waals surface area contributed by atoms with E-state index in [2.05, 4.69) is 19.7 Å². The van der Waals surface area contributed by atoms with Crippen LogP contribution in [-0.4, -0.2) is 32.3 Å². The summed E-state index contributed by atoms with van der Waals surface area (Å²) in [4.78, 5) is 0.0383. The number of aromatic amines is 1. The predicted octanol–water partition coefficient (Wildman–Crippen LogP) is 4.10. The summed E-state index contributed by atoms with van der Waals surface area (Å²) < 4.78 is 63.3. The van der Waals surface area contributed by atoms with Crippen LogP contribution in [0.4, 0.5) is 14.5 Å². The molecule has 0 unspecified atom stereocenters. The Kier molecular flexibility index (Phi) is 5.73. The molecule has 154 valence electrons. The highest BCUT2D eigenvalue weighted by Gasteiger charge is 2.23. The van der Waals surface area contributed by atoms with Crippen molar-refractivity contribution < 1.29 is 26.7 Å². The highest BCUT2D eigenvalue weighted by atomic mass is 32.2. The Bertz CT molecular complexity index is 1090. The Labute approximate surface area is 166 Å². The van der Waals surface area contributed by atoms with Gasteiger partial charge in [-0.2, -0.15) is 13.9 Å². The van der Waals surface area contributed by atoms with Crippen LogP contribution in [0.1, 0.15) is 11.4 Å². The largest absolute Gasteiger partial charge is 0.497 e. The van der Waals surface area contributed by atoms with E-state index in [-0.39, 0.29) is 16.3 Å². The molecule has 3 aromatic rings. The van der Waals surface area contributed by atoms with Gasteiger partial charge in [-0.05, 0) is 49.7 Å². The van der Waals surface area contributed by atoms with Gasteiger partial charge in [0.05, 0.1) is 18.5 Å². The molecule has 0 amide bonds. The molecule has 2 aromatic carbocycles. The van der Waals surface area contributed by atoms with E-state index in [9.17, 15) is 17.2 Å². The number of alkyl halides is 2. The highest BCUT2D eigenvalue weighted by molar-refractivity contribution is 7.92. The van der Waals surface area contributed by atoms with Gasteiger partial charge in [0.1, 0.15) is 16.4 Å². The van der Waals surface area contributed by atoms with E-state index in [0.717, 1.165) is 0 Å². The van der Waals surface area contributed by atoms with E-state index in [1.54, 1.807) is 38.1 Å². The fourth-order valence-electron chi connectivity index (χ4n) is 2.93. The highest BCUT2D eigenvalue weighted by Crippen LogP contribution is 2.35. The molecule has 0 aliphatic heterocycles. The second kappa shape index (κ2) is 8.08. The Morgan fingerprint density at radius 1 is 1.10 bits per heavy atom. The number of ether oxygens (including phenoxy) is 2. The first kappa shape index (κ1) is 20.6. The summed E-state index contributed by atoms with van der Waals surface area (Å²) in [6.07, 6.45) is 0. The number of hydrogen-bond donors (Lipinski definition) is 2. The van der Waals surface area contributed by atoms with E-state index in [1.807, 2.05) is 0 Å². The Hall–Kier alpha value is -3.14. The van der Waals surface area contributed by atoms with Gasteiger partial charge >= 0.3 is 6.61 Å². The molecule has 0 spiro atoms. The van der Waals surface area contributed by atoms with Gasteiger partial charge in [0.25, 0.3) is 10.0 Å². The quantitative estimate of drug-likeness (QED) is 0.597. The maximum absolute atomic E-state index is 12.8. The zero-order chi connectivity index (χ0) is 21.2. The topological polar surface area (TPSA) is 93.3 Å². The molecule has 2 N–H and O–H groups in total. The van der Waals surface area contributed by atoms with Crippen molar-refractivity contribution in [3.05, 3.63) is 53.9 Å². The molecular weight excluding hydrogens is 404 g/mol. The summed E-state index contributed by atoms with van der Waals surface area (Å²) in [6.45, 7) is 0.142. The molecule has 0 radical (unpaired) electrons. The number of halogens is 2. The van der Waals surface area contributed by atoms with E-state index in [4.69, 9.17) is 4.74 Å². The summed E-state index contributed by atoms with van der Waals surface area (Å²) in [7, 11) is -2.42. The van der Waals surface area contributed by atoms with Crippen molar-refractivity contribution in [1.29, 1.82) is 0 Å². The molecule has 0 bridgehead atoms. The van der Waals surface area contributed by atoms with E-state index >= 15 is 0 Å². The van der Waals surface area contributed by atoms with Crippen molar-refractivity contribution in [2.75, 3.05) is 11.8 Å². The minimum absolute atomic E-state index is 0.0383. The second-order valence-corrected chi connectivity index (χ2v) is 7.81. The number of H-pyrrole nitrogens is 1. The number of nitrogens with one attached hydrogen (secondary N) is 2. The summed E-state index contributed by atoms with van der Waals surface area (Å²) in [5.74, 6) is 0.511. The van der Waals surface area contributed by atoms with Crippen LogP contribution in [0.25, 0.3) is 11.1 Å². The lowest BCUT2D eigenvalue weighted by atomic mass is 10.0. The Balaban J connectivity index is 2.02. The Morgan fingerprint density at radius 2 is 1.79 bits per heavy atom. The van der Waals surface area contributed by atoms with Gasteiger partial charge in [-0.1, -0.05) is 12.1 Å². The van der Waals surface area contributed by atoms with Crippen LogP contribution in [0.15, 0.2) is 47.4 Å². The first-order chi connectivity index (χ1) is 13.7. The van der Waals surface area contributed by atoms with Gasteiger partial charge in [0.15, 0.2) is 0 Å². The van der Waals surface area contributed by atoms with Gasteiger partial charge in [0, 0.05) is 11.3 Å². The van der Waals surface area contributed by atoms with Gasteiger partial charge in [-0.25, -0.2) is 8.42 Å². The van der Waals surface area contributed by atoms with E-state index < -0.39 is 16.6 Å². The van der Waals surface area contributed by atoms with Crippen molar-refractivity contribution in [2.45, 2.75) is 25.4 Å². The Morgan fingerprint density at radius 3 is 2.34 bits per heavy atom. The minimum Gasteiger partial charge on any atom is -0.497 e. The molecule has 29 heavy (non-hydrogen) atoms. The van der Waals surface area contributed by atoms with Crippen LogP contribution in [0.5, 0.6) is 11.5 Å². The van der Waals surface area contributed by atoms with Crippen molar-refractivity contribution in [3.8, 4) is 22.6 Å². The standard InChI is InChI=1S/C19H19F2N3O4S/c1-11-18(12(2)23-22-11)29(25,26)24-14-6-9-17(28-19(20)21)16(10-14)13-4-7-15(27-3)8-5-13/h4-10,19,24H,1-3H3,(H,22,23). The third-order valence-electron chi connectivity index (χ3n) is 4.18. The van der Waals surface area contributed by atoms with Crippen molar-refractivity contribution in [2.24, 2.45) is 0 Å². The summed E-state index contributed by atoms with van der Waals surface area (Å²) in [5.41, 5.74) is 1.76. The van der Waals surface area contributed by atoms with Gasteiger partial charge in [-0.3, -0.25) is 9.82 Å². The third kappa shape index (κ3) is 4.48. The van der Waals surface area contributed by atoms with Gasteiger partial charge < -0.3 is 9.47 Å². The second-order valence-electron chi connectivity index (χ2n) is 6.19. The average molecular weight is 423 g/mol. The molecule has 0 aliphatic rings. The number of aryl methyl sites for hydroxylation is 2. The third-order valence-corrected chi connectivity index (χ3v) is 5.82. The molecule has 3 rings (SSSR count). The summed E-state index contributed by atoms with van der Waals surface area (Å²) in [5, 5.41) is 6.52. The van der Waals surface area contributed by atoms with E-state index in [0.29, 0.717) is 28.3 Å². The monoisotopic (exact) mass is 423 g/mol. The number of aromatic nitrogens is 2. The lowest BCUT2D eigenvalue weighted by molar-refractivity contribution is -0.0494. The molecule has 10 heteroatoms. The minimum atomic E-state index is -3.93. The fourth-order valence-corrected chi connectivity index (χ4v) is 4.35. The number of rotatable bonds is 7. The molecule has 7 nitrogen and oxygen atoms in total. The number of anilines is 1. The molecule has 1 aromatic heterocycles. The number of sulfonamides is 1. The van der Waals surface area contributed by atoms with Crippen LogP contribution in [0, 0.1) is 13.8 Å². The summed E-state index contributed by atoms with van der Waals surface area (Å²) in [6, 6.07) is 10.7. The number of hydrogen-bond acceptors (Lipinski definition) is 5. The van der Waals surface area contributed by atoms with Crippen LogP contribution in [-0.2, 0) is 10.0 Å². The molecule has 0 atom stereocenters. The average Bonchev–Trinajstić information content (AvgIpc) is 3.01. The molecule has 0 saturated carbocycles.